The molecule has 1 atom stereocenters. The monoisotopic (exact) mass is 438 g/mol. The molecule has 0 saturated carbocycles. The summed E-state index contributed by atoms with van der Waals surface area (Å²) in [7, 11) is 1.41. The number of amides is 1. The third-order valence-corrected chi connectivity index (χ3v) is 5.30. The number of likely N-dealkylation sites (tertiary alicyclic amines) is 1. The second-order valence-corrected chi connectivity index (χ2v) is 7.20. The first-order chi connectivity index (χ1) is 12.8. The summed E-state index contributed by atoms with van der Waals surface area (Å²) in [6.45, 7) is 0.935. The highest BCUT2D eigenvalue weighted by Crippen LogP contribution is 2.32. The molecule has 0 aliphatic carbocycles. The molecule has 1 amide bonds. The number of benzene rings is 1. The van der Waals surface area contributed by atoms with Crippen LogP contribution < -0.4 is 16.4 Å². The highest BCUT2D eigenvalue weighted by molar-refractivity contribution is 9.10. The molecule has 2 aromatic rings. The van der Waals surface area contributed by atoms with Gasteiger partial charge in [0.05, 0.1) is 11.3 Å². The molecule has 2 heterocycles. The third-order valence-electron chi connectivity index (χ3n) is 4.57. The minimum Gasteiger partial charge on any atom is -0.505 e. The Balaban J connectivity index is 1.93. The molecular weight excluding hydrogens is 420 g/mol. The number of nitrogens with zero attached hydrogens (tertiary/aromatic N) is 2. The molecule has 4 N–H and O–H groups in total. The molecular formula is C17H19BrN4O5. The van der Waals surface area contributed by atoms with Gasteiger partial charge in [0.2, 0.25) is 0 Å². The molecule has 1 aliphatic heterocycles. The number of carbonyl (C=O) groups is 1. The SMILES string of the molecule is Cn1[nH]c(=O)c(Nc2cccc(C(=O)N3CCC(CO)C3)c2O)c(Br)c1=O. The third kappa shape index (κ3) is 3.62. The van der Waals surface area contributed by atoms with Gasteiger partial charge in [-0.25, -0.2) is 0 Å². The molecule has 144 valence electrons. The van der Waals surface area contributed by atoms with Crippen LogP contribution in [-0.2, 0) is 7.05 Å². The number of hydrogen-bond acceptors (Lipinski definition) is 6. The predicted molar refractivity (Wildman–Crippen MR) is 102 cm³/mol. The summed E-state index contributed by atoms with van der Waals surface area (Å²) in [5.74, 6) is -0.640. The standard InChI is InChI=1S/C17H19BrN4O5/c1-21-17(27)12(18)13(15(25)20-21)19-11-4-2-3-10(14(11)24)16(26)22-6-5-9(7-22)8-23/h2-4,9,19,23-24H,5-8H2,1H3,(H,20,25). The topological polar surface area (TPSA) is 128 Å². The molecule has 1 unspecified atom stereocenters. The van der Waals surface area contributed by atoms with E-state index in [9.17, 15) is 24.6 Å². The predicted octanol–water partition coefficient (Wildman–Crippen LogP) is 0.740. The van der Waals surface area contributed by atoms with Crippen molar-refractivity contribution in [3.63, 3.8) is 0 Å². The van der Waals surface area contributed by atoms with E-state index in [0.717, 1.165) is 4.68 Å². The van der Waals surface area contributed by atoms with E-state index in [0.29, 0.717) is 19.5 Å². The Labute approximate surface area is 162 Å². The van der Waals surface area contributed by atoms with Crippen molar-refractivity contribution in [1.29, 1.82) is 0 Å². The second-order valence-electron chi connectivity index (χ2n) is 6.41. The van der Waals surface area contributed by atoms with Gasteiger partial charge in [0.25, 0.3) is 17.0 Å². The molecule has 0 spiro atoms. The summed E-state index contributed by atoms with van der Waals surface area (Å²) in [5.41, 5.74) is -0.894. The summed E-state index contributed by atoms with van der Waals surface area (Å²) in [6.07, 6.45) is 0.705. The highest BCUT2D eigenvalue weighted by Gasteiger charge is 2.28. The number of carbonyl (C=O) groups excluding carboxylic acids is 1. The first kappa shape index (κ1) is 19.2. The number of phenolic OH excluding ortho intramolecular Hbond substituents is 1. The van der Waals surface area contributed by atoms with Crippen molar-refractivity contribution >= 4 is 33.2 Å². The number of halogens is 1. The summed E-state index contributed by atoms with van der Waals surface area (Å²) >= 11 is 3.08. The molecule has 27 heavy (non-hydrogen) atoms. The van der Waals surface area contributed by atoms with Crippen LogP contribution in [0.5, 0.6) is 5.75 Å². The van der Waals surface area contributed by atoms with Gasteiger partial charge < -0.3 is 20.4 Å². The van der Waals surface area contributed by atoms with E-state index in [1.54, 1.807) is 11.0 Å². The lowest BCUT2D eigenvalue weighted by Gasteiger charge is -2.18. The Morgan fingerprint density at radius 1 is 1.41 bits per heavy atom. The Bertz CT molecular complexity index is 1000. The number of aromatic amines is 1. The smallest absolute Gasteiger partial charge is 0.287 e. The van der Waals surface area contributed by atoms with Crippen LogP contribution in [0.3, 0.4) is 0 Å². The van der Waals surface area contributed by atoms with Gasteiger partial charge in [0, 0.05) is 32.7 Å². The van der Waals surface area contributed by atoms with Gasteiger partial charge in [0.1, 0.15) is 10.2 Å². The van der Waals surface area contributed by atoms with Crippen molar-refractivity contribution in [2.24, 2.45) is 13.0 Å². The normalized spacial score (nSPS) is 16.6. The van der Waals surface area contributed by atoms with Crippen molar-refractivity contribution in [2.75, 3.05) is 25.0 Å². The zero-order valence-corrected chi connectivity index (χ0v) is 16.1. The first-order valence-electron chi connectivity index (χ1n) is 8.31. The zero-order valence-electron chi connectivity index (χ0n) is 14.5. The number of nitrogens with one attached hydrogen (secondary N) is 2. The van der Waals surface area contributed by atoms with Crippen molar-refractivity contribution < 1.29 is 15.0 Å². The molecule has 1 aliphatic rings. The van der Waals surface area contributed by atoms with E-state index in [1.807, 2.05) is 0 Å². The fourth-order valence-electron chi connectivity index (χ4n) is 3.01. The number of H-pyrrole nitrogens is 1. The van der Waals surface area contributed by atoms with Crippen LogP contribution in [0.15, 0.2) is 32.3 Å². The molecule has 1 fully saturated rings. The second kappa shape index (κ2) is 7.57. The zero-order chi connectivity index (χ0) is 19.7. The maximum atomic E-state index is 12.7. The van der Waals surface area contributed by atoms with Crippen molar-refractivity contribution in [3.8, 4) is 5.75 Å². The largest absolute Gasteiger partial charge is 0.505 e. The highest BCUT2D eigenvalue weighted by atomic mass is 79.9. The number of rotatable bonds is 4. The van der Waals surface area contributed by atoms with Gasteiger partial charge in [-0.1, -0.05) is 6.07 Å². The van der Waals surface area contributed by atoms with E-state index >= 15 is 0 Å². The lowest BCUT2D eigenvalue weighted by molar-refractivity contribution is 0.0779. The number of phenols is 1. The Morgan fingerprint density at radius 2 is 2.15 bits per heavy atom. The number of aliphatic hydroxyl groups is 1. The number of aliphatic hydroxyl groups excluding tert-OH is 1. The minimum absolute atomic E-state index is 0.00945. The van der Waals surface area contributed by atoms with Crippen LogP contribution in [0.2, 0.25) is 0 Å². The lowest BCUT2D eigenvalue weighted by Crippen LogP contribution is -2.30. The van der Waals surface area contributed by atoms with Crippen LogP contribution in [0.4, 0.5) is 11.4 Å². The first-order valence-corrected chi connectivity index (χ1v) is 9.10. The number of para-hydroxylation sites is 1. The molecule has 0 radical (unpaired) electrons. The van der Waals surface area contributed by atoms with Crippen LogP contribution in [0, 0.1) is 5.92 Å². The molecule has 1 saturated heterocycles. The molecule has 9 nitrogen and oxygen atoms in total. The van der Waals surface area contributed by atoms with Gasteiger partial charge in [0.15, 0.2) is 5.75 Å². The van der Waals surface area contributed by atoms with Gasteiger partial charge in [-0.05, 0) is 34.5 Å². The van der Waals surface area contributed by atoms with Crippen molar-refractivity contribution in [2.45, 2.75) is 6.42 Å². The number of anilines is 2. The summed E-state index contributed by atoms with van der Waals surface area (Å²) in [6, 6.07) is 4.55. The number of hydrogen-bond donors (Lipinski definition) is 4. The summed E-state index contributed by atoms with van der Waals surface area (Å²) in [5, 5.41) is 24.8. The summed E-state index contributed by atoms with van der Waals surface area (Å²) in [4.78, 5) is 38.4. The molecule has 1 aromatic carbocycles. The van der Waals surface area contributed by atoms with Crippen molar-refractivity contribution in [3.05, 3.63) is 48.9 Å². The average molecular weight is 439 g/mol. The molecule has 1 aromatic heterocycles. The Kier molecular flexibility index (Phi) is 5.38. The van der Waals surface area contributed by atoms with Gasteiger partial charge in [-0.15, -0.1) is 0 Å². The van der Waals surface area contributed by atoms with Crippen LogP contribution in [-0.4, -0.2) is 50.5 Å². The van der Waals surface area contributed by atoms with Gasteiger partial charge in [-0.2, -0.15) is 0 Å². The van der Waals surface area contributed by atoms with E-state index < -0.39 is 11.1 Å². The minimum atomic E-state index is -0.564. The van der Waals surface area contributed by atoms with E-state index in [2.05, 4.69) is 26.3 Å². The quantitative estimate of drug-likeness (QED) is 0.521. The Morgan fingerprint density at radius 3 is 2.81 bits per heavy atom. The number of aromatic nitrogens is 2. The van der Waals surface area contributed by atoms with Crippen molar-refractivity contribution in [1.82, 2.24) is 14.7 Å². The van der Waals surface area contributed by atoms with Gasteiger partial charge in [-0.3, -0.25) is 24.2 Å². The van der Waals surface area contributed by atoms with Crippen LogP contribution in [0.1, 0.15) is 16.8 Å². The maximum Gasteiger partial charge on any atom is 0.287 e. The number of aryl methyl sites for hydroxylation is 1. The fraction of sp³-hybridized carbons (Fsp3) is 0.353. The molecule has 3 rings (SSSR count). The van der Waals surface area contributed by atoms with Gasteiger partial charge >= 0.3 is 0 Å². The number of aromatic hydroxyl groups is 1. The van der Waals surface area contributed by atoms with E-state index in [4.69, 9.17) is 0 Å². The van der Waals surface area contributed by atoms with Crippen LogP contribution >= 0.6 is 15.9 Å². The lowest BCUT2D eigenvalue weighted by atomic mass is 10.1. The van der Waals surface area contributed by atoms with Crippen LogP contribution in [0.25, 0.3) is 0 Å². The van der Waals surface area contributed by atoms with E-state index in [-0.39, 0.29) is 45.6 Å². The maximum absolute atomic E-state index is 12.7. The molecule has 10 heteroatoms. The summed E-state index contributed by atoms with van der Waals surface area (Å²) < 4.78 is 1.04. The van der Waals surface area contributed by atoms with E-state index in [1.165, 1.54) is 19.2 Å². The average Bonchev–Trinajstić information content (AvgIpc) is 3.13. The molecule has 0 bridgehead atoms. The Hall–Kier alpha value is -2.59. The fourth-order valence-corrected chi connectivity index (χ4v) is 3.56.